The number of phenols is 1. The number of rotatable bonds is 4. The Morgan fingerprint density at radius 1 is 0.914 bits per heavy atom. The summed E-state index contributed by atoms with van der Waals surface area (Å²) in [7, 11) is 2.96. The van der Waals surface area contributed by atoms with Crippen LogP contribution < -0.4 is 4.74 Å². The molecular weight excluding hydrogens is 599 g/mol. The van der Waals surface area contributed by atoms with Gasteiger partial charge in [-0.25, -0.2) is 9.59 Å². The minimum atomic E-state index is -1.02. The lowest BCUT2D eigenvalue weighted by molar-refractivity contribution is 0.0599. The summed E-state index contributed by atoms with van der Waals surface area (Å²) < 4.78 is 13.0. The molecule has 0 aliphatic carbocycles. The number of carboxylic acids is 1. The van der Waals surface area contributed by atoms with Crippen LogP contribution in [0, 0.1) is 0 Å². The normalized spacial score (nSPS) is 9.66. The van der Waals surface area contributed by atoms with Crippen LogP contribution in [0.3, 0.4) is 0 Å². The lowest BCUT2D eigenvalue weighted by Crippen LogP contribution is -2.01. The van der Waals surface area contributed by atoms with E-state index in [2.05, 4.69) is 48.1 Å². The summed E-state index contributed by atoms with van der Waals surface area (Å²) in [4.78, 5) is 22.0. The van der Waals surface area contributed by atoms with Gasteiger partial charge in [-0.2, -0.15) is 0 Å². The first-order valence-corrected chi connectivity index (χ1v) is 14.2. The van der Waals surface area contributed by atoms with Gasteiger partial charge < -0.3 is 19.7 Å². The number of fused-ring (bicyclic) bond motifs is 2. The van der Waals surface area contributed by atoms with Crippen LogP contribution in [-0.4, -0.2) is 40.8 Å². The Hall–Kier alpha value is -2.37. The summed E-state index contributed by atoms with van der Waals surface area (Å²) in [5.74, 6) is -0.627. The maximum atomic E-state index is 11.4. The largest absolute Gasteiger partial charge is 0.506 e. The van der Waals surface area contributed by atoms with E-state index in [0.717, 1.165) is 20.2 Å². The van der Waals surface area contributed by atoms with Crippen LogP contribution in [0.5, 0.6) is 11.5 Å². The van der Waals surface area contributed by atoms with E-state index in [1.54, 1.807) is 42.7 Å². The first kappa shape index (κ1) is 30.7. The number of hydrogen-bond acceptors (Lipinski definition) is 7. The molecular formula is C26H31IO6S2. The van der Waals surface area contributed by atoms with E-state index < -0.39 is 5.97 Å². The number of phenolic OH excluding ortho intramolecular Hbond substituents is 1. The zero-order chi connectivity index (χ0) is 26.4. The van der Waals surface area contributed by atoms with Crippen LogP contribution >= 0.6 is 45.3 Å². The zero-order valence-electron chi connectivity index (χ0n) is 20.5. The molecule has 190 valence electrons. The van der Waals surface area contributed by atoms with Gasteiger partial charge in [0.25, 0.3) is 0 Å². The van der Waals surface area contributed by atoms with Gasteiger partial charge in [0, 0.05) is 0 Å². The minimum absolute atomic E-state index is 0.0323. The predicted octanol–water partition coefficient (Wildman–Crippen LogP) is 8.25. The van der Waals surface area contributed by atoms with E-state index in [1.165, 1.54) is 41.8 Å². The van der Waals surface area contributed by atoms with Crippen molar-refractivity contribution >= 4 is 77.4 Å². The van der Waals surface area contributed by atoms with Gasteiger partial charge in [0.2, 0.25) is 0 Å². The van der Waals surface area contributed by atoms with Crippen LogP contribution in [0.1, 0.15) is 54.3 Å². The Bertz CT molecular complexity index is 1210. The molecule has 0 radical (unpaired) electrons. The van der Waals surface area contributed by atoms with E-state index >= 15 is 0 Å². The number of hydrogen-bond donors (Lipinski definition) is 2. The molecule has 0 saturated heterocycles. The van der Waals surface area contributed by atoms with Gasteiger partial charge in [-0.3, -0.25) is 0 Å². The number of aromatic hydroxyl groups is 1. The third-order valence-electron chi connectivity index (χ3n) is 4.13. The molecule has 0 aliphatic heterocycles. The van der Waals surface area contributed by atoms with Crippen molar-refractivity contribution < 1.29 is 29.3 Å². The van der Waals surface area contributed by atoms with Crippen LogP contribution in [-0.2, 0) is 4.74 Å². The van der Waals surface area contributed by atoms with Crippen LogP contribution in [0.4, 0.5) is 0 Å². The first-order chi connectivity index (χ1) is 16.8. The van der Waals surface area contributed by atoms with E-state index in [1.807, 2.05) is 16.8 Å². The molecule has 0 bridgehead atoms. The third kappa shape index (κ3) is 9.30. The van der Waals surface area contributed by atoms with Crippen LogP contribution in [0.15, 0.2) is 47.2 Å². The molecule has 6 nitrogen and oxygen atoms in total. The number of aromatic carboxylic acids is 1. The van der Waals surface area contributed by atoms with Crippen molar-refractivity contribution in [3.05, 3.63) is 58.3 Å². The Morgan fingerprint density at radius 3 is 1.91 bits per heavy atom. The summed E-state index contributed by atoms with van der Waals surface area (Å²) in [5.41, 5.74) is 0.628. The molecule has 2 aromatic heterocycles. The smallest absolute Gasteiger partial charge is 0.338 e. The second kappa shape index (κ2) is 16.3. The number of ether oxygens (including phenoxy) is 2. The number of benzene rings is 2. The highest BCUT2D eigenvalue weighted by Crippen LogP contribution is 2.32. The third-order valence-corrected chi connectivity index (χ3v) is 7.10. The topological polar surface area (TPSA) is 93.1 Å². The fourth-order valence-corrected chi connectivity index (χ4v) is 4.29. The van der Waals surface area contributed by atoms with Crippen molar-refractivity contribution in [2.45, 2.75) is 33.6 Å². The molecule has 4 aromatic rings. The van der Waals surface area contributed by atoms with Gasteiger partial charge in [-0.15, -0.1) is 22.7 Å². The molecule has 4 rings (SSSR count). The number of alkyl halides is 1. The summed E-state index contributed by atoms with van der Waals surface area (Å²) in [5, 5.41) is 23.7. The second-order valence-electron chi connectivity index (χ2n) is 7.04. The van der Waals surface area contributed by atoms with Crippen LogP contribution in [0.25, 0.3) is 20.2 Å². The molecule has 0 amide bonds. The maximum absolute atomic E-state index is 11.4. The summed E-state index contributed by atoms with van der Waals surface area (Å²) in [6.07, 6.45) is 2.56. The van der Waals surface area contributed by atoms with Gasteiger partial charge in [0.05, 0.1) is 34.7 Å². The molecule has 2 N–H and O–H groups in total. The van der Waals surface area contributed by atoms with Gasteiger partial charge in [-0.05, 0) is 68.8 Å². The SMILES string of the molecule is CCC.CCCI.COC(=O)c1cc(OC)c2sccc2c1.O=C(O)c1cc(O)c2sccc2c1. The Morgan fingerprint density at radius 2 is 1.43 bits per heavy atom. The molecule has 0 unspecified atom stereocenters. The molecule has 0 spiro atoms. The highest BCUT2D eigenvalue weighted by atomic mass is 127. The average molecular weight is 631 g/mol. The molecule has 35 heavy (non-hydrogen) atoms. The van der Waals surface area contributed by atoms with Gasteiger partial charge in [0.15, 0.2) is 0 Å². The maximum Gasteiger partial charge on any atom is 0.338 e. The molecule has 2 aromatic carbocycles. The summed E-state index contributed by atoms with van der Waals surface area (Å²) >= 11 is 5.33. The lowest BCUT2D eigenvalue weighted by Gasteiger charge is -2.04. The Balaban J connectivity index is 0.000000279. The molecule has 0 aliphatic rings. The highest BCUT2D eigenvalue weighted by Gasteiger charge is 2.11. The minimum Gasteiger partial charge on any atom is -0.506 e. The molecule has 0 saturated carbocycles. The molecule has 9 heteroatoms. The van der Waals surface area contributed by atoms with Crippen molar-refractivity contribution in [2.75, 3.05) is 18.6 Å². The number of methoxy groups -OCH3 is 2. The molecule has 0 fully saturated rings. The highest BCUT2D eigenvalue weighted by molar-refractivity contribution is 14.1. The van der Waals surface area contributed by atoms with E-state index in [4.69, 9.17) is 9.84 Å². The molecule has 2 heterocycles. The van der Waals surface area contributed by atoms with Gasteiger partial charge >= 0.3 is 11.9 Å². The fraction of sp³-hybridized carbons (Fsp3) is 0.308. The summed E-state index contributed by atoms with van der Waals surface area (Å²) in [6, 6.07) is 10.1. The zero-order valence-corrected chi connectivity index (χ0v) is 24.3. The number of carboxylic acid groups (broad SMARTS) is 1. The number of thiophene rings is 2. The fourth-order valence-electron chi connectivity index (χ4n) is 2.62. The standard InChI is InChI=1S/C11H10O3S.C9H6O3S.C3H7I.C3H8/c1-13-9-6-8(11(12)14-2)5-7-3-4-15-10(7)9;10-7-4-6(9(11)12)3-5-1-2-13-8(5)7;1-2-3-4;1-3-2/h3-6H,1-2H3;1-4,10H,(H,11,12);2-3H2,1H3;3H2,1-2H3. The quantitative estimate of drug-likeness (QED) is 0.134. The van der Waals surface area contributed by atoms with Crippen molar-refractivity contribution in [3.8, 4) is 11.5 Å². The van der Waals surface area contributed by atoms with Crippen molar-refractivity contribution in [3.63, 3.8) is 0 Å². The van der Waals surface area contributed by atoms with Crippen LogP contribution in [0.2, 0.25) is 0 Å². The van der Waals surface area contributed by atoms with E-state index in [-0.39, 0.29) is 17.3 Å². The molecule has 0 atom stereocenters. The number of carbonyl (C=O) groups excluding carboxylic acids is 1. The Kier molecular flexibility index (Phi) is 14.3. The number of halogens is 1. The Labute approximate surface area is 227 Å². The van der Waals surface area contributed by atoms with Crippen molar-refractivity contribution in [1.29, 1.82) is 0 Å². The van der Waals surface area contributed by atoms with Gasteiger partial charge in [0.1, 0.15) is 11.5 Å². The van der Waals surface area contributed by atoms with Crippen molar-refractivity contribution in [2.24, 2.45) is 0 Å². The predicted molar refractivity (Wildman–Crippen MR) is 155 cm³/mol. The van der Waals surface area contributed by atoms with Crippen molar-refractivity contribution in [1.82, 2.24) is 0 Å². The van der Waals surface area contributed by atoms with E-state index in [0.29, 0.717) is 11.3 Å². The monoisotopic (exact) mass is 630 g/mol. The van der Waals surface area contributed by atoms with Gasteiger partial charge in [-0.1, -0.05) is 49.8 Å². The number of esters is 1. The lowest BCUT2D eigenvalue weighted by atomic mass is 10.1. The number of carbonyl (C=O) groups is 2. The van der Waals surface area contributed by atoms with E-state index in [9.17, 15) is 14.7 Å². The average Bonchev–Trinajstić information content (AvgIpc) is 3.53. The second-order valence-corrected chi connectivity index (χ2v) is 9.96. The summed E-state index contributed by atoms with van der Waals surface area (Å²) in [6.45, 7) is 6.42. The first-order valence-electron chi connectivity index (χ1n) is 10.9.